The standard InChI is InChI=1S/C12H12F2N2S/c1-3-16-7-10(17-2)12(15-16)11-8(13)5-4-6-9(11)14/h4-7H,3H2,1-2H3. The van der Waals surface area contributed by atoms with Crippen LogP contribution in [0.3, 0.4) is 0 Å². The van der Waals surface area contributed by atoms with E-state index in [1.807, 2.05) is 13.2 Å². The highest BCUT2D eigenvalue weighted by Gasteiger charge is 2.18. The molecule has 1 aromatic heterocycles. The summed E-state index contributed by atoms with van der Waals surface area (Å²) in [6.07, 6.45) is 3.66. The van der Waals surface area contributed by atoms with E-state index in [1.165, 1.54) is 30.0 Å². The van der Waals surface area contributed by atoms with Crippen molar-refractivity contribution in [3.8, 4) is 11.3 Å². The summed E-state index contributed by atoms with van der Waals surface area (Å²) in [4.78, 5) is 0.774. The molecule has 0 bridgehead atoms. The molecule has 0 N–H and O–H groups in total. The van der Waals surface area contributed by atoms with Crippen molar-refractivity contribution in [2.75, 3.05) is 6.26 Å². The number of nitrogens with zero attached hydrogens (tertiary/aromatic N) is 2. The maximum absolute atomic E-state index is 13.7. The van der Waals surface area contributed by atoms with E-state index >= 15 is 0 Å². The average Bonchev–Trinajstić information content (AvgIpc) is 2.72. The highest BCUT2D eigenvalue weighted by molar-refractivity contribution is 7.98. The van der Waals surface area contributed by atoms with Crippen molar-refractivity contribution in [3.05, 3.63) is 36.0 Å². The normalized spacial score (nSPS) is 10.8. The van der Waals surface area contributed by atoms with Gasteiger partial charge in [-0.05, 0) is 25.3 Å². The Labute approximate surface area is 103 Å². The van der Waals surface area contributed by atoms with Crippen LogP contribution in [0.5, 0.6) is 0 Å². The molecule has 1 heterocycles. The molecule has 0 aliphatic carbocycles. The third-order valence-electron chi connectivity index (χ3n) is 2.47. The molecule has 0 saturated heterocycles. The van der Waals surface area contributed by atoms with Gasteiger partial charge < -0.3 is 0 Å². The van der Waals surface area contributed by atoms with Crippen LogP contribution < -0.4 is 0 Å². The van der Waals surface area contributed by atoms with Crippen molar-refractivity contribution in [1.82, 2.24) is 9.78 Å². The second-order valence-corrected chi connectivity index (χ2v) is 4.35. The van der Waals surface area contributed by atoms with Crippen molar-refractivity contribution in [2.24, 2.45) is 0 Å². The second-order valence-electron chi connectivity index (χ2n) is 3.50. The van der Waals surface area contributed by atoms with Crippen molar-refractivity contribution in [3.63, 3.8) is 0 Å². The summed E-state index contributed by atoms with van der Waals surface area (Å²) in [5.41, 5.74) is 0.319. The molecule has 0 radical (unpaired) electrons. The van der Waals surface area contributed by atoms with Crippen LogP contribution in [0.2, 0.25) is 0 Å². The summed E-state index contributed by atoms with van der Waals surface area (Å²) >= 11 is 1.43. The minimum atomic E-state index is -0.582. The van der Waals surface area contributed by atoms with Crippen LogP contribution in [0.15, 0.2) is 29.3 Å². The van der Waals surface area contributed by atoms with E-state index in [9.17, 15) is 8.78 Å². The molecule has 90 valence electrons. The smallest absolute Gasteiger partial charge is 0.135 e. The predicted molar refractivity (Wildman–Crippen MR) is 65.0 cm³/mol. The third-order valence-corrected chi connectivity index (χ3v) is 3.21. The molecule has 0 unspecified atom stereocenters. The summed E-state index contributed by atoms with van der Waals surface area (Å²) in [6, 6.07) is 3.84. The van der Waals surface area contributed by atoms with Crippen LogP contribution >= 0.6 is 11.8 Å². The number of thioether (sulfide) groups is 1. The lowest BCUT2D eigenvalue weighted by atomic mass is 10.1. The fraction of sp³-hybridized carbons (Fsp3) is 0.250. The average molecular weight is 254 g/mol. The molecule has 2 rings (SSSR count). The van der Waals surface area contributed by atoms with Crippen LogP contribution in [0.4, 0.5) is 8.78 Å². The largest absolute Gasteiger partial charge is 0.271 e. The summed E-state index contributed by atoms with van der Waals surface area (Å²) < 4.78 is 29.0. The number of aromatic nitrogens is 2. The Morgan fingerprint density at radius 1 is 1.29 bits per heavy atom. The van der Waals surface area contributed by atoms with Crippen LogP contribution in [0, 0.1) is 11.6 Å². The second kappa shape index (κ2) is 4.87. The molecule has 0 amide bonds. The highest BCUT2D eigenvalue weighted by Crippen LogP contribution is 2.32. The zero-order valence-corrected chi connectivity index (χ0v) is 10.4. The first-order valence-corrected chi connectivity index (χ1v) is 6.45. The minimum Gasteiger partial charge on any atom is -0.271 e. The van der Waals surface area contributed by atoms with Crippen molar-refractivity contribution >= 4 is 11.8 Å². The van der Waals surface area contributed by atoms with Crippen molar-refractivity contribution in [1.29, 1.82) is 0 Å². The van der Waals surface area contributed by atoms with Crippen molar-refractivity contribution in [2.45, 2.75) is 18.4 Å². The molecule has 1 aromatic carbocycles. The minimum absolute atomic E-state index is 0.0518. The van der Waals surface area contributed by atoms with Gasteiger partial charge in [-0.3, -0.25) is 4.68 Å². The fourth-order valence-corrected chi connectivity index (χ4v) is 2.18. The number of hydrogen-bond donors (Lipinski definition) is 0. The van der Waals surface area contributed by atoms with E-state index in [2.05, 4.69) is 5.10 Å². The van der Waals surface area contributed by atoms with Gasteiger partial charge in [-0.15, -0.1) is 11.8 Å². The molecule has 5 heteroatoms. The fourth-order valence-electron chi connectivity index (χ4n) is 1.61. The van der Waals surface area contributed by atoms with Gasteiger partial charge in [0.2, 0.25) is 0 Å². The topological polar surface area (TPSA) is 17.8 Å². The molecular weight excluding hydrogens is 242 g/mol. The number of rotatable bonds is 3. The van der Waals surface area contributed by atoms with E-state index in [-0.39, 0.29) is 5.56 Å². The first kappa shape index (κ1) is 12.1. The molecule has 0 aliphatic rings. The van der Waals surface area contributed by atoms with Gasteiger partial charge in [-0.25, -0.2) is 8.78 Å². The van der Waals surface area contributed by atoms with E-state index < -0.39 is 11.6 Å². The van der Waals surface area contributed by atoms with E-state index in [0.717, 1.165) is 4.90 Å². The zero-order chi connectivity index (χ0) is 12.4. The monoisotopic (exact) mass is 254 g/mol. The van der Waals surface area contributed by atoms with Gasteiger partial charge in [-0.1, -0.05) is 6.07 Å². The summed E-state index contributed by atoms with van der Waals surface area (Å²) in [5, 5.41) is 4.21. The van der Waals surface area contributed by atoms with Gasteiger partial charge in [0.05, 0.1) is 10.5 Å². The van der Waals surface area contributed by atoms with Crippen molar-refractivity contribution < 1.29 is 8.78 Å². The Hall–Kier alpha value is -1.36. The van der Waals surface area contributed by atoms with Gasteiger partial charge >= 0.3 is 0 Å². The first-order valence-electron chi connectivity index (χ1n) is 5.23. The highest BCUT2D eigenvalue weighted by atomic mass is 32.2. The predicted octanol–water partition coefficient (Wildman–Crippen LogP) is 3.57. The Balaban J connectivity index is 2.63. The zero-order valence-electron chi connectivity index (χ0n) is 9.58. The summed E-state index contributed by atoms with van der Waals surface area (Å²) in [6.45, 7) is 2.60. The quantitative estimate of drug-likeness (QED) is 0.779. The molecule has 2 aromatic rings. The Kier molecular flexibility index (Phi) is 3.47. The first-order chi connectivity index (χ1) is 8.17. The lowest BCUT2D eigenvalue weighted by Crippen LogP contribution is -1.96. The summed E-state index contributed by atoms with van der Waals surface area (Å²) in [7, 11) is 0. The van der Waals surface area contributed by atoms with Gasteiger partial charge in [0.15, 0.2) is 0 Å². The van der Waals surface area contributed by atoms with E-state index in [4.69, 9.17) is 0 Å². The van der Waals surface area contributed by atoms with Crippen LogP contribution in [0.1, 0.15) is 6.92 Å². The number of hydrogen-bond acceptors (Lipinski definition) is 2. The molecule has 0 atom stereocenters. The summed E-state index contributed by atoms with van der Waals surface area (Å²) in [5.74, 6) is -1.16. The maximum atomic E-state index is 13.7. The SMILES string of the molecule is CCn1cc(SC)c(-c2c(F)cccc2F)n1. The van der Waals surface area contributed by atoms with Gasteiger partial charge in [0.25, 0.3) is 0 Å². The van der Waals surface area contributed by atoms with Gasteiger partial charge in [-0.2, -0.15) is 5.10 Å². The molecule has 2 nitrogen and oxygen atoms in total. The lowest BCUT2D eigenvalue weighted by Gasteiger charge is -2.03. The molecule has 0 saturated carbocycles. The molecule has 17 heavy (non-hydrogen) atoms. The van der Waals surface area contributed by atoms with E-state index in [0.29, 0.717) is 12.2 Å². The van der Waals surface area contributed by atoms with Crippen LogP contribution in [-0.4, -0.2) is 16.0 Å². The number of benzene rings is 1. The number of aryl methyl sites for hydroxylation is 1. The Bertz CT molecular complexity index is 517. The molecule has 0 spiro atoms. The molecule has 0 aliphatic heterocycles. The Morgan fingerprint density at radius 2 is 1.94 bits per heavy atom. The van der Waals surface area contributed by atoms with Gasteiger partial charge in [0.1, 0.15) is 17.3 Å². The third kappa shape index (κ3) is 2.20. The van der Waals surface area contributed by atoms with Crippen LogP contribution in [0.25, 0.3) is 11.3 Å². The molecular formula is C12H12F2N2S. The number of halogens is 2. The lowest BCUT2D eigenvalue weighted by molar-refractivity contribution is 0.586. The molecule has 0 fully saturated rings. The van der Waals surface area contributed by atoms with E-state index in [1.54, 1.807) is 10.9 Å². The Morgan fingerprint density at radius 3 is 2.47 bits per heavy atom. The van der Waals surface area contributed by atoms with Crippen LogP contribution in [-0.2, 0) is 6.54 Å². The maximum Gasteiger partial charge on any atom is 0.135 e. The van der Waals surface area contributed by atoms with Gasteiger partial charge in [0, 0.05) is 12.7 Å².